The van der Waals surface area contributed by atoms with Gasteiger partial charge >= 0.3 is 0 Å². The molecule has 5 heteroatoms. The summed E-state index contributed by atoms with van der Waals surface area (Å²) in [5, 5.41) is 0. The van der Waals surface area contributed by atoms with E-state index in [-0.39, 0.29) is 0 Å². The molecule has 0 bridgehead atoms. The lowest BCUT2D eigenvalue weighted by Gasteiger charge is -2.18. The smallest absolute Gasteiger partial charge is 0.162 e. The number of hydrogen-bond donors (Lipinski definition) is 0. The first-order valence-corrected chi connectivity index (χ1v) is 7.69. The quantitative estimate of drug-likeness (QED) is 0.777. The average molecular weight is 351 g/mol. The van der Waals surface area contributed by atoms with Crippen LogP contribution in [-0.2, 0) is 0 Å². The predicted molar refractivity (Wildman–Crippen MR) is 81.1 cm³/mol. The third-order valence-electron chi connectivity index (χ3n) is 2.83. The molecule has 0 aromatic heterocycles. The third kappa shape index (κ3) is 2.83. The Labute approximate surface area is 129 Å². The van der Waals surface area contributed by atoms with Gasteiger partial charge in [0.1, 0.15) is 19.5 Å². The van der Waals surface area contributed by atoms with E-state index in [9.17, 15) is 4.79 Å². The zero-order valence-electron chi connectivity index (χ0n) is 10.5. The van der Waals surface area contributed by atoms with Gasteiger partial charge in [-0.15, -0.1) is 0 Å². The molecule has 20 heavy (non-hydrogen) atoms. The Morgan fingerprint density at radius 1 is 1.05 bits per heavy atom. The van der Waals surface area contributed by atoms with Crippen molar-refractivity contribution >= 4 is 34.0 Å². The fourth-order valence-corrected chi connectivity index (χ4v) is 3.38. The van der Waals surface area contributed by atoms with Crippen LogP contribution in [0, 0.1) is 0 Å². The Morgan fingerprint density at radius 3 is 2.60 bits per heavy atom. The van der Waals surface area contributed by atoms with Gasteiger partial charge in [0.25, 0.3) is 0 Å². The standard InChI is InChI=1S/C15H11BrO3S/c16-12-7-10(9-17)1-4-15(12)20-11-2-3-13-14(8-11)19-6-5-18-13/h1-4,7-9H,5-6H2. The van der Waals surface area contributed by atoms with Crippen molar-refractivity contribution in [3.8, 4) is 11.5 Å². The topological polar surface area (TPSA) is 35.5 Å². The van der Waals surface area contributed by atoms with E-state index >= 15 is 0 Å². The lowest BCUT2D eigenvalue weighted by atomic mass is 10.2. The van der Waals surface area contributed by atoms with E-state index in [1.54, 1.807) is 17.8 Å². The van der Waals surface area contributed by atoms with Crippen LogP contribution in [0.3, 0.4) is 0 Å². The Balaban J connectivity index is 1.86. The highest BCUT2D eigenvalue weighted by molar-refractivity contribution is 9.10. The van der Waals surface area contributed by atoms with E-state index < -0.39 is 0 Å². The molecule has 1 aliphatic rings. The SMILES string of the molecule is O=Cc1ccc(Sc2ccc3c(c2)OCCO3)c(Br)c1. The first kappa shape index (κ1) is 13.5. The number of hydrogen-bond acceptors (Lipinski definition) is 4. The van der Waals surface area contributed by atoms with Gasteiger partial charge < -0.3 is 9.47 Å². The number of aldehydes is 1. The summed E-state index contributed by atoms with van der Waals surface area (Å²) in [6.45, 7) is 1.18. The van der Waals surface area contributed by atoms with Gasteiger partial charge in [-0.1, -0.05) is 17.8 Å². The average Bonchev–Trinajstić information content (AvgIpc) is 2.49. The highest BCUT2D eigenvalue weighted by atomic mass is 79.9. The van der Waals surface area contributed by atoms with Crippen molar-refractivity contribution in [1.82, 2.24) is 0 Å². The van der Waals surface area contributed by atoms with Crippen molar-refractivity contribution < 1.29 is 14.3 Å². The van der Waals surface area contributed by atoms with Crippen molar-refractivity contribution in [1.29, 1.82) is 0 Å². The van der Waals surface area contributed by atoms with Crippen molar-refractivity contribution in [2.24, 2.45) is 0 Å². The number of carbonyl (C=O) groups excluding carboxylic acids is 1. The first-order valence-electron chi connectivity index (χ1n) is 6.08. The number of ether oxygens (including phenoxy) is 2. The van der Waals surface area contributed by atoms with Gasteiger partial charge in [-0.05, 0) is 46.3 Å². The fourth-order valence-electron chi connectivity index (χ4n) is 1.89. The summed E-state index contributed by atoms with van der Waals surface area (Å²) in [5.74, 6) is 1.57. The summed E-state index contributed by atoms with van der Waals surface area (Å²) in [6.07, 6.45) is 0.837. The summed E-state index contributed by atoms with van der Waals surface area (Å²) in [6, 6.07) is 11.4. The van der Waals surface area contributed by atoms with Crippen molar-refractivity contribution in [3.05, 3.63) is 46.4 Å². The molecule has 0 saturated heterocycles. The maximum absolute atomic E-state index is 10.7. The van der Waals surface area contributed by atoms with Crippen LogP contribution >= 0.6 is 27.7 Å². The van der Waals surface area contributed by atoms with Crippen LogP contribution in [-0.4, -0.2) is 19.5 Å². The van der Waals surface area contributed by atoms with Crippen LogP contribution in [0.4, 0.5) is 0 Å². The van der Waals surface area contributed by atoms with E-state index in [4.69, 9.17) is 9.47 Å². The van der Waals surface area contributed by atoms with Crippen LogP contribution in [0.25, 0.3) is 0 Å². The Morgan fingerprint density at radius 2 is 1.85 bits per heavy atom. The van der Waals surface area contributed by atoms with Gasteiger partial charge in [-0.2, -0.15) is 0 Å². The summed E-state index contributed by atoms with van der Waals surface area (Å²) >= 11 is 5.09. The van der Waals surface area contributed by atoms with E-state index in [0.29, 0.717) is 18.8 Å². The number of halogens is 1. The Bertz CT molecular complexity index is 658. The van der Waals surface area contributed by atoms with Crippen molar-refractivity contribution in [2.45, 2.75) is 9.79 Å². The zero-order valence-corrected chi connectivity index (χ0v) is 12.9. The van der Waals surface area contributed by atoms with Crippen LogP contribution in [0.2, 0.25) is 0 Å². The molecule has 3 rings (SSSR count). The second-order valence-electron chi connectivity index (χ2n) is 4.22. The summed E-state index contributed by atoms with van der Waals surface area (Å²) in [4.78, 5) is 12.8. The number of fused-ring (bicyclic) bond motifs is 1. The molecule has 0 radical (unpaired) electrons. The molecule has 102 valence electrons. The minimum absolute atomic E-state index is 0.582. The minimum atomic E-state index is 0.582. The number of benzene rings is 2. The number of carbonyl (C=O) groups is 1. The molecule has 0 saturated carbocycles. The zero-order chi connectivity index (χ0) is 13.9. The van der Waals surface area contributed by atoms with Crippen molar-refractivity contribution in [3.63, 3.8) is 0 Å². The summed E-state index contributed by atoms with van der Waals surface area (Å²) in [7, 11) is 0. The van der Waals surface area contributed by atoms with Gasteiger partial charge in [0.2, 0.25) is 0 Å². The molecule has 0 atom stereocenters. The maximum atomic E-state index is 10.7. The first-order chi connectivity index (χ1) is 9.76. The largest absolute Gasteiger partial charge is 0.486 e. The van der Waals surface area contributed by atoms with Gasteiger partial charge in [0, 0.05) is 19.8 Å². The number of rotatable bonds is 3. The normalized spacial score (nSPS) is 13.1. The highest BCUT2D eigenvalue weighted by Crippen LogP contribution is 2.39. The molecule has 1 heterocycles. The highest BCUT2D eigenvalue weighted by Gasteiger charge is 2.12. The molecule has 0 unspecified atom stereocenters. The van der Waals surface area contributed by atoms with Crippen LogP contribution in [0.5, 0.6) is 11.5 Å². The molecule has 3 nitrogen and oxygen atoms in total. The lowest BCUT2D eigenvalue weighted by Crippen LogP contribution is -2.15. The van der Waals surface area contributed by atoms with Crippen LogP contribution in [0.15, 0.2) is 50.7 Å². The second-order valence-corrected chi connectivity index (χ2v) is 6.18. The van der Waals surface area contributed by atoms with Crippen molar-refractivity contribution in [2.75, 3.05) is 13.2 Å². The monoisotopic (exact) mass is 350 g/mol. The molecule has 0 fully saturated rings. The molecule has 0 amide bonds. The van der Waals surface area contributed by atoms with Gasteiger partial charge in [-0.3, -0.25) is 4.79 Å². The van der Waals surface area contributed by atoms with Gasteiger partial charge in [0.05, 0.1) is 0 Å². The van der Waals surface area contributed by atoms with Crippen LogP contribution < -0.4 is 9.47 Å². The minimum Gasteiger partial charge on any atom is -0.486 e. The summed E-state index contributed by atoms with van der Waals surface area (Å²) < 4.78 is 12.0. The molecule has 0 N–H and O–H groups in total. The lowest BCUT2D eigenvalue weighted by molar-refractivity contribution is 0.112. The maximum Gasteiger partial charge on any atom is 0.162 e. The van der Waals surface area contributed by atoms with Gasteiger partial charge in [0.15, 0.2) is 11.5 Å². The molecular formula is C15H11BrO3S. The molecule has 2 aromatic rings. The Hall–Kier alpha value is -1.46. The molecule has 1 aliphatic heterocycles. The molecular weight excluding hydrogens is 340 g/mol. The molecule has 0 aliphatic carbocycles. The van der Waals surface area contributed by atoms with E-state index in [2.05, 4.69) is 15.9 Å². The molecule has 0 spiro atoms. The second kappa shape index (κ2) is 5.89. The van der Waals surface area contributed by atoms with Gasteiger partial charge in [-0.25, -0.2) is 0 Å². The third-order valence-corrected chi connectivity index (χ3v) is 4.82. The summed E-state index contributed by atoms with van der Waals surface area (Å²) in [5.41, 5.74) is 0.656. The van der Waals surface area contributed by atoms with E-state index in [0.717, 1.165) is 32.0 Å². The van der Waals surface area contributed by atoms with E-state index in [1.807, 2.05) is 30.3 Å². The predicted octanol–water partition coefficient (Wildman–Crippen LogP) is 4.18. The molecule has 2 aromatic carbocycles. The Kier molecular flexibility index (Phi) is 3.98. The van der Waals surface area contributed by atoms with Crippen LogP contribution in [0.1, 0.15) is 10.4 Å². The van der Waals surface area contributed by atoms with E-state index in [1.165, 1.54) is 0 Å². The fraction of sp³-hybridized carbons (Fsp3) is 0.133.